The third-order valence-electron chi connectivity index (χ3n) is 5.27. The monoisotopic (exact) mass is 451 g/mol. The standard InChI is InChI=1S/C18H18ClN5O3S2/c19-12-9-13-14(29(26,27)23-15-4-2-1-3-7-24(13)15)8-11(12)16(25)20-18-22-21-17(28-18)10-5-6-10/h8-10H,1-7H2,(H,20,22,25). The molecule has 1 aromatic carbocycles. The number of carbonyl (C=O) groups is 1. The number of fused-ring (bicyclic) bond motifs is 3. The second-order valence-electron chi connectivity index (χ2n) is 7.42. The van der Waals surface area contributed by atoms with Crippen LogP contribution in [0.15, 0.2) is 21.4 Å². The van der Waals surface area contributed by atoms with Gasteiger partial charge in [-0.1, -0.05) is 29.4 Å². The number of hydrogen-bond donors (Lipinski definition) is 1. The van der Waals surface area contributed by atoms with Gasteiger partial charge in [0.1, 0.15) is 15.7 Å². The van der Waals surface area contributed by atoms with Crippen LogP contribution in [0, 0.1) is 0 Å². The van der Waals surface area contributed by atoms with E-state index in [0.29, 0.717) is 35.5 Å². The van der Waals surface area contributed by atoms with E-state index in [9.17, 15) is 13.2 Å². The molecule has 0 unspecified atom stereocenters. The number of amides is 1. The quantitative estimate of drug-likeness (QED) is 0.760. The van der Waals surface area contributed by atoms with Crippen molar-refractivity contribution in [1.29, 1.82) is 0 Å². The minimum Gasteiger partial charge on any atom is -0.328 e. The lowest BCUT2D eigenvalue weighted by molar-refractivity contribution is 0.102. The second kappa shape index (κ2) is 7.03. The summed E-state index contributed by atoms with van der Waals surface area (Å²) in [6.45, 7) is 0.679. The molecule has 1 saturated carbocycles. The Morgan fingerprint density at radius 2 is 2.03 bits per heavy atom. The van der Waals surface area contributed by atoms with Crippen LogP contribution >= 0.6 is 22.9 Å². The smallest absolute Gasteiger partial charge is 0.286 e. The molecule has 0 atom stereocenters. The molecule has 2 aromatic rings. The van der Waals surface area contributed by atoms with Gasteiger partial charge in [-0.05, 0) is 37.8 Å². The molecule has 8 nitrogen and oxygen atoms in total. The highest BCUT2D eigenvalue weighted by Gasteiger charge is 2.33. The van der Waals surface area contributed by atoms with Crippen molar-refractivity contribution in [2.45, 2.75) is 49.3 Å². The van der Waals surface area contributed by atoms with Gasteiger partial charge >= 0.3 is 0 Å². The molecule has 29 heavy (non-hydrogen) atoms. The van der Waals surface area contributed by atoms with E-state index in [1.54, 1.807) is 6.07 Å². The first kappa shape index (κ1) is 19.0. The van der Waals surface area contributed by atoms with E-state index >= 15 is 0 Å². The summed E-state index contributed by atoms with van der Waals surface area (Å²) in [5.74, 6) is 0.471. The highest BCUT2D eigenvalue weighted by atomic mass is 35.5. The van der Waals surface area contributed by atoms with Crippen molar-refractivity contribution in [2.75, 3.05) is 16.8 Å². The van der Waals surface area contributed by atoms with E-state index in [4.69, 9.17) is 11.6 Å². The van der Waals surface area contributed by atoms with Crippen LogP contribution in [-0.2, 0) is 10.0 Å². The molecule has 2 fully saturated rings. The number of amidine groups is 1. The topological polar surface area (TPSA) is 105 Å². The third kappa shape index (κ3) is 3.53. The van der Waals surface area contributed by atoms with Crippen LogP contribution < -0.4 is 10.2 Å². The summed E-state index contributed by atoms with van der Waals surface area (Å²) in [4.78, 5) is 14.7. The number of anilines is 2. The first-order valence-corrected chi connectivity index (χ1v) is 12.2. The lowest BCUT2D eigenvalue weighted by atomic mass is 10.1. The Balaban J connectivity index is 1.49. The first-order valence-electron chi connectivity index (χ1n) is 9.52. The summed E-state index contributed by atoms with van der Waals surface area (Å²) < 4.78 is 29.5. The third-order valence-corrected chi connectivity index (χ3v) is 7.92. The van der Waals surface area contributed by atoms with Gasteiger partial charge in [0.05, 0.1) is 16.3 Å². The van der Waals surface area contributed by atoms with E-state index in [1.807, 2.05) is 4.90 Å². The summed E-state index contributed by atoms with van der Waals surface area (Å²) in [7, 11) is -3.89. The molecular weight excluding hydrogens is 434 g/mol. The van der Waals surface area contributed by atoms with Gasteiger partial charge in [0.25, 0.3) is 15.9 Å². The average molecular weight is 452 g/mol. The zero-order valence-electron chi connectivity index (χ0n) is 15.4. The van der Waals surface area contributed by atoms with E-state index in [0.717, 1.165) is 37.1 Å². The van der Waals surface area contributed by atoms with E-state index in [1.165, 1.54) is 17.4 Å². The van der Waals surface area contributed by atoms with Gasteiger partial charge < -0.3 is 4.90 Å². The molecule has 2 aliphatic heterocycles. The molecule has 0 bridgehead atoms. The van der Waals surface area contributed by atoms with Gasteiger partial charge in [-0.15, -0.1) is 14.6 Å². The highest BCUT2D eigenvalue weighted by molar-refractivity contribution is 7.90. The molecule has 152 valence electrons. The Bertz CT molecular complexity index is 1140. The molecule has 3 aliphatic rings. The van der Waals surface area contributed by atoms with Gasteiger partial charge in [-0.3, -0.25) is 10.1 Å². The molecule has 11 heteroatoms. The molecule has 0 radical (unpaired) electrons. The Labute approximate surface area is 177 Å². The highest BCUT2D eigenvalue weighted by Crippen LogP contribution is 2.42. The van der Waals surface area contributed by atoms with Crippen LogP contribution in [0.25, 0.3) is 0 Å². The van der Waals surface area contributed by atoms with Crippen LogP contribution in [0.4, 0.5) is 10.8 Å². The number of nitrogens with zero attached hydrogens (tertiary/aromatic N) is 4. The van der Waals surface area contributed by atoms with Crippen LogP contribution in [0.3, 0.4) is 0 Å². The van der Waals surface area contributed by atoms with E-state index in [-0.39, 0.29) is 15.5 Å². The summed E-state index contributed by atoms with van der Waals surface area (Å²) in [5, 5.41) is 12.2. The maximum atomic E-state index is 12.8. The van der Waals surface area contributed by atoms with Crippen molar-refractivity contribution in [2.24, 2.45) is 4.40 Å². The normalized spacial score (nSPS) is 20.3. The lowest BCUT2D eigenvalue weighted by Gasteiger charge is -2.30. The molecule has 1 aliphatic carbocycles. The van der Waals surface area contributed by atoms with Crippen LogP contribution in [-0.4, -0.2) is 36.9 Å². The zero-order valence-corrected chi connectivity index (χ0v) is 17.8. The van der Waals surface area contributed by atoms with E-state index in [2.05, 4.69) is 19.9 Å². The van der Waals surface area contributed by atoms with Crippen molar-refractivity contribution >= 4 is 55.5 Å². The summed E-state index contributed by atoms with van der Waals surface area (Å²) in [6, 6.07) is 2.87. The van der Waals surface area contributed by atoms with Crippen LogP contribution in [0.2, 0.25) is 5.02 Å². The van der Waals surface area contributed by atoms with Crippen molar-refractivity contribution in [1.82, 2.24) is 10.2 Å². The second-order valence-corrected chi connectivity index (χ2v) is 10.4. The van der Waals surface area contributed by atoms with Crippen molar-refractivity contribution in [3.05, 3.63) is 27.7 Å². The number of aromatic nitrogens is 2. The predicted octanol–water partition coefficient (Wildman–Crippen LogP) is 3.80. The maximum Gasteiger partial charge on any atom is 0.286 e. The molecule has 5 rings (SSSR count). The molecule has 1 N–H and O–H groups in total. The van der Waals surface area contributed by atoms with Crippen LogP contribution in [0.1, 0.15) is 59.8 Å². The van der Waals surface area contributed by atoms with Gasteiger partial charge in [0.15, 0.2) is 0 Å². The fraction of sp³-hybridized carbons (Fsp3) is 0.444. The Kier molecular flexibility index (Phi) is 4.60. The molecule has 0 spiro atoms. The van der Waals surface area contributed by atoms with Crippen LogP contribution in [0.5, 0.6) is 0 Å². The van der Waals surface area contributed by atoms with Gasteiger partial charge in [0.2, 0.25) is 5.13 Å². The molecule has 1 aromatic heterocycles. The molecule has 1 saturated heterocycles. The number of benzene rings is 1. The minimum atomic E-state index is -3.89. The Hall–Kier alpha value is -2.04. The maximum absolute atomic E-state index is 12.8. The Morgan fingerprint density at radius 1 is 1.21 bits per heavy atom. The predicted molar refractivity (Wildman–Crippen MR) is 112 cm³/mol. The summed E-state index contributed by atoms with van der Waals surface area (Å²) >= 11 is 7.73. The number of carbonyl (C=O) groups excluding carboxylic acids is 1. The zero-order chi connectivity index (χ0) is 20.2. The minimum absolute atomic E-state index is 0.00799. The molecule has 3 heterocycles. The van der Waals surface area contributed by atoms with Gasteiger partial charge in [-0.25, -0.2) is 0 Å². The summed E-state index contributed by atoms with van der Waals surface area (Å²) in [6.07, 6.45) is 5.66. The number of halogens is 1. The van der Waals surface area contributed by atoms with Gasteiger partial charge in [0, 0.05) is 18.9 Å². The first-order chi connectivity index (χ1) is 13.9. The van der Waals surface area contributed by atoms with Crippen molar-refractivity contribution < 1.29 is 13.2 Å². The number of nitrogens with one attached hydrogen (secondary N) is 1. The fourth-order valence-electron chi connectivity index (χ4n) is 3.62. The van der Waals surface area contributed by atoms with Crippen molar-refractivity contribution in [3.63, 3.8) is 0 Å². The largest absolute Gasteiger partial charge is 0.328 e. The fourth-order valence-corrected chi connectivity index (χ4v) is 6.03. The SMILES string of the molecule is O=C(Nc1nnc(C2CC2)s1)c1cc2c(cc1Cl)N1CCCCCC1=NS2(=O)=O. The van der Waals surface area contributed by atoms with Crippen molar-refractivity contribution in [3.8, 4) is 0 Å². The number of sulfonamides is 1. The Morgan fingerprint density at radius 3 is 2.83 bits per heavy atom. The molecular formula is C18H18ClN5O3S2. The summed E-state index contributed by atoms with van der Waals surface area (Å²) in [5.41, 5.74) is 0.566. The van der Waals surface area contributed by atoms with E-state index < -0.39 is 15.9 Å². The number of rotatable bonds is 3. The lowest BCUT2D eigenvalue weighted by Crippen LogP contribution is -2.35. The average Bonchev–Trinajstić information content (AvgIpc) is 3.45. The molecule has 1 amide bonds. The number of hydrogen-bond acceptors (Lipinski definition) is 7. The van der Waals surface area contributed by atoms with Gasteiger partial charge in [-0.2, -0.15) is 8.42 Å².